The monoisotopic (exact) mass is 284 g/mol. The molecule has 0 spiro atoms. The van der Waals surface area contributed by atoms with Crippen LogP contribution in [-0.2, 0) is 13.6 Å². The van der Waals surface area contributed by atoms with E-state index in [4.69, 9.17) is 11.6 Å². The van der Waals surface area contributed by atoms with Gasteiger partial charge in [0.2, 0.25) is 0 Å². The van der Waals surface area contributed by atoms with E-state index < -0.39 is 0 Å². The van der Waals surface area contributed by atoms with Crippen LogP contribution >= 0.6 is 11.6 Å². The molecule has 1 aromatic heterocycles. The number of guanidine groups is 1. The molecule has 0 aromatic carbocycles. The van der Waals surface area contributed by atoms with Crippen molar-refractivity contribution in [1.29, 1.82) is 0 Å². The fraction of sp³-hybridized carbons (Fsp3) is 0.643. The summed E-state index contributed by atoms with van der Waals surface area (Å²) in [5, 5.41) is 4.15. The number of aliphatic imine (C=N–C) groups is 1. The van der Waals surface area contributed by atoms with E-state index in [0.717, 1.165) is 30.5 Å². The molecule has 0 aliphatic heterocycles. The molecule has 1 heterocycles. The molecular formula is C14H25ClN4. The molecule has 19 heavy (non-hydrogen) atoms. The summed E-state index contributed by atoms with van der Waals surface area (Å²) >= 11 is 6.00. The topological polar surface area (TPSA) is 32.6 Å². The van der Waals surface area contributed by atoms with Gasteiger partial charge in [0, 0.05) is 39.6 Å². The van der Waals surface area contributed by atoms with E-state index in [1.165, 1.54) is 5.69 Å². The average Bonchev–Trinajstić information content (AvgIpc) is 2.63. The molecule has 0 aliphatic rings. The van der Waals surface area contributed by atoms with Crippen LogP contribution in [0.5, 0.6) is 0 Å². The smallest absolute Gasteiger partial charge is 0.193 e. The third kappa shape index (κ3) is 5.15. The van der Waals surface area contributed by atoms with Crippen LogP contribution in [0, 0.1) is 5.92 Å². The highest BCUT2D eigenvalue weighted by atomic mass is 35.5. The van der Waals surface area contributed by atoms with Gasteiger partial charge < -0.3 is 14.8 Å². The normalized spacial score (nSPS) is 12.1. The van der Waals surface area contributed by atoms with Crippen molar-refractivity contribution in [2.75, 3.05) is 20.6 Å². The number of nitrogens with zero attached hydrogens (tertiary/aromatic N) is 3. The van der Waals surface area contributed by atoms with Crippen molar-refractivity contribution in [3.8, 4) is 0 Å². The van der Waals surface area contributed by atoms with Crippen LogP contribution in [0.2, 0.25) is 5.02 Å². The van der Waals surface area contributed by atoms with E-state index in [1.54, 1.807) is 0 Å². The van der Waals surface area contributed by atoms with Gasteiger partial charge >= 0.3 is 0 Å². The van der Waals surface area contributed by atoms with E-state index >= 15 is 0 Å². The number of aryl methyl sites for hydroxylation is 1. The molecule has 108 valence electrons. The molecule has 5 heteroatoms. The Balaban J connectivity index is 2.54. The highest BCUT2D eigenvalue weighted by Gasteiger charge is 2.09. The minimum atomic E-state index is 0.697. The lowest BCUT2D eigenvalue weighted by molar-refractivity contribution is 0.456. The lowest BCUT2D eigenvalue weighted by Gasteiger charge is -2.22. The Kier molecular flexibility index (Phi) is 6.22. The third-order valence-corrected chi connectivity index (χ3v) is 3.26. The van der Waals surface area contributed by atoms with Crippen LogP contribution in [0.1, 0.15) is 26.0 Å². The second-order valence-corrected chi connectivity index (χ2v) is 5.71. The largest absolute Gasteiger partial charge is 0.356 e. The van der Waals surface area contributed by atoms with Gasteiger partial charge in [-0.3, -0.25) is 4.99 Å². The SMILES string of the molecule is CN=C(NCCC(C)C)N(C)Cc1cc(Cl)cn1C. The summed E-state index contributed by atoms with van der Waals surface area (Å²) in [6.07, 6.45) is 3.06. The van der Waals surface area contributed by atoms with Crippen molar-refractivity contribution in [3.63, 3.8) is 0 Å². The van der Waals surface area contributed by atoms with Crippen molar-refractivity contribution in [3.05, 3.63) is 23.0 Å². The van der Waals surface area contributed by atoms with E-state index in [9.17, 15) is 0 Å². The van der Waals surface area contributed by atoms with E-state index in [0.29, 0.717) is 5.92 Å². The second kappa shape index (κ2) is 7.43. The van der Waals surface area contributed by atoms with Gasteiger partial charge in [-0.15, -0.1) is 0 Å². The molecule has 0 bridgehead atoms. The summed E-state index contributed by atoms with van der Waals surface area (Å²) in [4.78, 5) is 6.41. The minimum absolute atomic E-state index is 0.697. The number of rotatable bonds is 5. The molecule has 0 amide bonds. The number of hydrogen-bond acceptors (Lipinski definition) is 1. The second-order valence-electron chi connectivity index (χ2n) is 5.27. The van der Waals surface area contributed by atoms with Gasteiger partial charge in [0.15, 0.2) is 5.96 Å². The zero-order valence-electron chi connectivity index (χ0n) is 12.6. The summed E-state index contributed by atoms with van der Waals surface area (Å²) in [6, 6.07) is 1.99. The number of nitrogens with one attached hydrogen (secondary N) is 1. The van der Waals surface area contributed by atoms with Gasteiger partial charge in [-0.1, -0.05) is 25.4 Å². The zero-order chi connectivity index (χ0) is 14.4. The quantitative estimate of drug-likeness (QED) is 0.666. The molecule has 1 aromatic rings. The van der Waals surface area contributed by atoms with E-state index in [1.807, 2.05) is 38.0 Å². The Morgan fingerprint density at radius 2 is 2.21 bits per heavy atom. The van der Waals surface area contributed by atoms with Crippen LogP contribution in [0.25, 0.3) is 0 Å². The van der Waals surface area contributed by atoms with Gasteiger partial charge in [-0.05, 0) is 18.4 Å². The Labute approximate surface area is 121 Å². The fourth-order valence-corrected chi connectivity index (χ4v) is 2.17. The fourth-order valence-electron chi connectivity index (χ4n) is 1.90. The van der Waals surface area contributed by atoms with Crippen LogP contribution in [0.15, 0.2) is 17.3 Å². The highest BCUT2D eigenvalue weighted by molar-refractivity contribution is 6.30. The predicted molar refractivity (Wildman–Crippen MR) is 82.7 cm³/mol. The first kappa shape index (κ1) is 15.9. The van der Waals surface area contributed by atoms with Crippen molar-refractivity contribution < 1.29 is 0 Å². The highest BCUT2D eigenvalue weighted by Crippen LogP contribution is 2.14. The molecule has 0 unspecified atom stereocenters. The zero-order valence-corrected chi connectivity index (χ0v) is 13.3. The average molecular weight is 285 g/mol. The molecule has 4 nitrogen and oxygen atoms in total. The Morgan fingerprint density at radius 1 is 1.53 bits per heavy atom. The van der Waals surface area contributed by atoms with Gasteiger partial charge in [0.1, 0.15) is 0 Å². The lowest BCUT2D eigenvalue weighted by Crippen LogP contribution is -2.39. The summed E-state index contributed by atoms with van der Waals surface area (Å²) in [5.74, 6) is 1.61. The first-order valence-electron chi connectivity index (χ1n) is 6.66. The van der Waals surface area contributed by atoms with Crippen LogP contribution in [0.4, 0.5) is 0 Å². The number of halogens is 1. The minimum Gasteiger partial charge on any atom is -0.356 e. The maximum atomic E-state index is 6.00. The van der Waals surface area contributed by atoms with Crippen LogP contribution in [0.3, 0.4) is 0 Å². The van der Waals surface area contributed by atoms with Gasteiger partial charge in [-0.25, -0.2) is 0 Å². The van der Waals surface area contributed by atoms with Gasteiger partial charge in [0.25, 0.3) is 0 Å². The molecule has 1 N–H and O–H groups in total. The van der Waals surface area contributed by atoms with Crippen LogP contribution in [-0.4, -0.2) is 36.1 Å². The summed E-state index contributed by atoms with van der Waals surface area (Å²) in [5.41, 5.74) is 1.17. The number of aromatic nitrogens is 1. The van der Waals surface area contributed by atoms with Crippen LogP contribution < -0.4 is 5.32 Å². The molecule has 0 aliphatic carbocycles. The molecule has 0 saturated heterocycles. The molecule has 0 radical (unpaired) electrons. The van der Waals surface area contributed by atoms with Gasteiger partial charge in [0.05, 0.1) is 11.6 Å². The maximum Gasteiger partial charge on any atom is 0.193 e. The van der Waals surface area contributed by atoms with Crippen molar-refractivity contribution >= 4 is 17.6 Å². The summed E-state index contributed by atoms with van der Waals surface area (Å²) in [6.45, 7) is 6.17. The first-order valence-corrected chi connectivity index (χ1v) is 7.04. The van der Waals surface area contributed by atoms with Crippen molar-refractivity contribution in [2.24, 2.45) is 18.0 Å². The molecular weight excluding hydrogens is 260 g/mol. The van der Waals surface area contributed by atoms with Crippen molar-refractivity contribution in [1.82, 2.24) is 14.8 Å². The predicted octanol–water partition coefficient (Wildman–Crippen LogP) is 2.73. The molecule has 0 saturated carbocycles. The van der Waals surface area contributed by atoms with Gasteiger partial charge in [-0.2, -0.15) is 0 Å². The third-order valence-electron chi connectivity index (χ3n) is 3.05. The molecule has 1 rings (SSSR count). The first-order chi connectivity index (χ1) is 8.93. The number of hydrogen-bond donors (Lipinski definition) is 1. The Hall–Kier alpha value is -1.16. The Bertz CT molecular complexity index is 423. The summed E-state index contributed by atoms with van der Waals surface area (Å²) < 4.78 is 2.04. The Morgan fingerprint density at radius 3 is 2.68 bits per heavy atom. The molecule has 0 atom stereocenters. The standard InChI is InChI=1S/C14H25ClN4/c1-11(2)6-7-17-14(16-3)19(5)10-13-8-12(15)9-18(13)4/h8-9,11H,6-7,10H2,1-5H3,(H,16,17). The summed E-state index contributed by atoms with van der Waals surface area (Å²) in [7, 11) is 5.85. The molecule has 0 fully saturated rings. The maximum absolute atomic E-state index is 6.00. The van der Waals surface area contributed by atoms with E-state index in [-0.39, 0.29) is 0 Å². The van der Waals surface area contributed by atoms with E-state index in [2.05, 4.69) is 29.1 Å². The van der Waals surface area contributed by atoms with Crippen molar-refractivity contribution in [2.45, 2.75) is 26.8 Å². The lowest BCUT2D eigenvalue weighted by atomic mass is 10.1.